The van der Waals surface area contributed by atoms with Crippen LogP contribution >= 0.6 is 12.4 Å². The highest BCUT2D eigenvalue weighted by Gasteiger charge is 2.34. The standard InChI is InChI=1S/C32H41N5O7S.ClH/c1-32(2,3)44-28(38)20-26(36-45(41,42)24-11-9-23(43-4)10-12-24)30(39)35-27(31(40)37-16-6-5-7-17-37)19-21-8-13-25-22(18-21)14-15-34-29(25)33;/h8-15,18,26-27,36H,5-7,16-17,19-20H2,1-4H3,(H2,33,34)(H,35,39);1H/t26-,27?;/m0./s1. The molecule has 2 atom stereocenters. The zero-order chi connectivity index (χ0) is 32.8. The zero-order valence-corrected chi connectivity index (χ0v) is 28.1. The van der Waals surface area contributed by atoms with E-state index in [1.54, 1.807) is 37.9 Å². The van der Waals surface area contributed by atoms with E-state index in [-0.39, 0.29) is 29.6 Å². The number of halogens is 1. The number of pyridine rings is 1. The molecule has 1 fully saturated rings. The SMILES string of the molecule is COc1ccc(S(=O)(=O)N[C@@H](CC(=O)OC(C)(C)C)C(=O)NC(Cc2ccc3c(N)nccc3c2)C(=O)N2CCCCC2)cc1.Cl. The summed E-state index contributed by atoms with van der Waals surface area (Å²) < 4.78 is 39.6. The number of benzene rings is 2. The summed E-state index contributed by atoms with van der Waals surface area (Å²) in [5.74, 6) is -1.07. The average Bonchev–Trinajstić information content (AvgIpc) is 2.99. The Bertz CT molecular complexity index is 1640. The summed E-state index contributed by atoms with van der Waals surface area (Å²) in [6, 6.07) is 10.3. The van der Waals surface area contributed by atoms with Crippen molar-refractivity contribution in [3.63, 3.8) is 0 Å². The molecule has 46 heavy (non-hydrogen) atoms. The summed E-state index contributed by atoms with van der Waals surface area (Å²) in [5, 5.41) is 4.34. The number of amides is 2. The van der Waals surface area contributed by atoms with Crippen molar-refractivity contribution >= 4 is 56.8 Å². The quantitative estimate of drug-likeness (QED) is 0.258. The van der Waals surface area contributed by atoms with Gasteiger partial charge in [-0.15, -0.1) is 12.4 Å². The van der Waals surface area contributed by atoms with E-state index in [4.69, 9.17) is 15.2 Å². The number of likely N-dealkylation sites (tertiary alicyclic amines) is 1. The number of hydrogen-bond donors (Lipinski definition) is 3. The number of carbonyl (C=O) groups is 3. The molecule has 2 aromatic carbocycles. The van der Waals surface area contributed by atoms with Gasteiger partial charge in [-0.2, -0.15) is 4.72 Å². The third-order valence-corrected chi connectivity index (χ3v) is 8.84. The number of nitrogen functional groups attached to an aromatic ring is 1. The van der Waals surface area contributed by atoms with Crippen LogP contribution < -0.4 is 20.5 Å². The molecule has 0 aliphatic carbocycles. The van der Waals surface area contributed by atoms with E-state index < -0.39 is 46.0 Å². The van der Waals surface area contributed by atoms with Crippen molar-refractivity contribution in [2.45, 2.75) is 75.5 Å². The fourth-order valence-corrected chi connectivity index (χ4v) is 6.36. The number of esters is 1. The van der Waals surface area contributed by atoms with Crippen LogP contribution in [0.4, 0.5) is 5.82 Å². The van der Waals surface area contributed by atoms with Gasteiger partial charge in [0.2, 0.25) is 21.8 Å². The van der Waals surface area contributed by atoms with Gasteiger partial charge in [-0.1, -0.05) is 18.2 Å². The Morgan fingerprint density at radius 1 is 1.00 bits per heavy atom. The number of nitrogens with zero attached hydrogens (tertiary/aromatic N) is 2. The second-order valence-corrected chi connectivity index (χ2v) is 13.8. The topological polar surface area (TPSA) is 170 Å². The first-order chi connectivity index (χ1) is 21.3. The van der Waals surface area contributed by atoms with Crippen molar-refractivity contribution in [2.24, 2.45) is 0 Å². The fraction of sp³-hybridized carbons (Fsp3) is 0.438. The fourth-order valence-electron chi connectivity index (χ4n) is 5.17. The third-order valence-electron chi connectivity index (χ3n) is 7.36. The first-order valence-corrected chi connectivity index (χ1v) is 16.3. The summed E-state index contributed by atoms with van der Waals surface area (Å²) in [6.07, 6.45) is 3.83. The highest BCUT2D eigenvalue weighted by atomic mass is 35.5. The number of fused-ring (bicyclic) bond motifs is 1. The molecule has 1 aliphatic rings. The number of methoxy groups -OCH3 is 1. The summed E-state index contributed by atoms with van der Waals surface area (Å²) in [4.78, 5) is 46.2. The smallest absolute Gasteiger partial charge is 0.308 e. The highest BCUT2D eigenvalue weighted by molar-refractivity contribution is 7.89. The van der Waals surface area contributed by atoms with E-state index in [2.05, 4.69) is 15.0 Å². The lowest BCUT2D eigenvalue weighted by Crippen LogP contribution is -2.56. The molecule has 12 nitrogen and oxygen atoms in total. The minimum absolute atomic E-state index is 0. The van der Waals surface area contributed by atoms with E-state index in [0.29, 0.717) is 24.7 Å². The number of sulfonamides is 1. The van der Waals surface area contributed by atoms with Crippen molar-refractivity contribution in [2.75, 3.05) is 25.9 Å². The number of aromatic nitrogens is 1. The Hall–Kier alpha value is -3.94. The van der Waals surface area contributed by atoms with Crippen LogP contribution in [0.15, 0.2) is 59.6 Å². The maximum Gasteiger partial charge on any atom is 0.308 e. The van der Waals surface area contributed by atoms with Gasteiger partial charge in [0, 0.05) is 31.1 Å². The molecule has 1 saturated heterocycles. The van der Waals surface area contributed by atoms with Crippen LogP contribution in [-0.4, -0.2) is 74.0 Å². The Kier molecular flexibility index (Phi) is 12.4. The van der Waals surface area contributed by atoms with Gasteiger partial charge < -0.3 is 25.4 Å². The Labute approximate surface area is 275 Å². The van der Waals surface area contributed by atoms with Crippen molar-refractivity contribution in [3.8, 4) is 5.75 Å². The normalized spacial score (nSPS) is 14.9. The molecular weight excluding hydrogens is 634 g/mol. The maximum absolute atomic E-state index is 13.8. The maximum atomic E-state index is 13.8. The molecule has 1 unspecified atom stereocenters. The molecule has 2 heterocycles. The molecule has 0 radical (unpaired) electrons. The molecule has 2 amide bonds. The van der Waals surface area contributed by atoms with Gasteiger partial charge in [0.05, 0.1) is 18.4 Å². The van der Waals surface area contributed by atoms with Crippen molar-refractivity contribution in [1.82, 2.24) is 19.9 Å². The van der Waals surface area contributed by atoms with Crippen LogP contribution in [0.3, 0.4) is 0 Å². The predicted octanol–water partition coefficient (Wildman–Crippen LogP) is 3.37. The third kappa shape index (κ3) is 9.78. The van der Waals surface area contributed by atoms with Gasteiger partial charge in [0.15, 0.2) is 0 Å². The number of nitrogens with one attached hydrogen (secondary N) is 2. The number of nitrogens with two attached hydrogens (primary N) is 1. The van der Waals surface area contributed by atoms with Crippen molar-refractivity contribution in [1.29, 1.82) is 0 Å². The van der Waals surface area contributed by atoms with Crippen LogP contribution in [0, 0.1) is 0 Å². The van der Waals surface area contributed by atoms with Crippen LogP contribution in [-0.2, 0) is 35.6 Å². The summed E-state index contributed by atoms with van der Waals surface area (Å²) >= 11 is 0. The van der Waals surface area contributed by atoms with E-state index in [1.165, 1.54) is 31.4 Å². The lowest BCUT2D eigenvalue weighted by atomic mass is 10.00. The van der Waals surface area contributed by atoms with Crippen molar-refractivity contribution < 1.29 is 32.3 Å². The van der Waals surface area contributed by atoms with Gasteiger partial charge >= 0.3 is 5.97 Å². The Morgan fingerprint density at radius 2 is 1.67 bits per heavy atom. The Balaban J connectivity index is 0.00000576. The second kappa shape index (κ2) is 15.6. The molecular formula is C32H42ClN5O7S. The van der Waals surface area contributed by atoms with Crippen LogP contribution in [0.25, 0.3) is 10.8 Å². The number of hydrogen-bond acceptors (Lipinski definition) is 9. The van der Waals surface area contributed by atoms with Gasteiger partial charge in [-0.25, -0.2) is 13.4 Å². The molecule has 1 aromatic heterocycles. The van der Waals surface area contributed by atoms with Crippen LogP contribution in [0.2, 0.25) is 0 Å². The average molecular weight is 676 g/mol. The molecule has 250 valence electrons. The lowest BCUT2D eigenvalue weighted by molar-refractivity contribution is -0.156. The Morgan fingerprint density at radius 3 is 2.30 bits per heavy atom. The molecule has 4 N–H and O–H groups in total. The molecule has 3 aromatic rings. The first kappa shape index (κ1) is 36.5. The minimum atomic E-state index is -4.27. The molecule has 0 spiro atoms. The number of rotatable bonds is 11. The van der Waals surface area contributed by atoms with Crippen LogP contribution in [0.5, 0.6) is 5.75 Å². The van der Waals surface area contributed by atoms with E-state index in [0.717, 1.165) is 35.6 Å². The largest absolute Gasteiger partial charge is 0.497 e. The van der Waals surface area contributed by atoms with Gasteiger partial charge in [0.25, 0.3) is 0 Å². The van der Waals surface area contributed by atoms with E-state index >= 15 is 0 Å². The molecule has 4 rings (SSSR count). The molecule has 1 aliphatic heterocycles. The first-order valence-electron chi connectivity index (χ1n) is 14.9. The van der Waals surface area contributed by atoms with E-state index in [9.17, 15) is 22.8 Å². The highest BCUT2D eigenvalue weighted by Crippen LogP contribution is 2.22. The second-order valence-electron chi connectivity index (χ2n) is 12.0. The minimum Gasteiger partial charge on any atom is -0.497 e. The molecule has 14 heteroatoms. The van der Waals surface area contributed by atoms with E-state index in [1.807, 2.05) is 18.2 Å². The number of anilines is 1. The van der Waals surface area contributed by atoms with Gasteiger partial charge in [-0.05, 0) is 81.3 Å². The number of ether oxygens (including phenoxy) is 2. The predicted molar refractivity (Wildman–Crippen MR) is 177 cm³/mol. The lowest BCUT2D eigenvalue weighted by Gasteiger charge is -2.31. The summed E-state index contributed by atoms with van der Waals surface area (Å²) in [5.41, 5.74) is 5.90. The van der Waals surface area contributed by atoms with Gasteiger partial charge in [-0.3, -0.25) is 14.4 Å². The number of piperidine rings is 1. The van der Waals surface area contributed by atoms with Gasteiger partial charge in [0.1, 0.15) is 29.3 Å². The van der Waals surface area contributed by atoms with Crippen molar-refractivity contribution in [3.05, 3.63) is 60.3 Å². The zero-order valence-electron chi connectivity index (χ0n) is 26.4. The monoisotopic (exact) mass is 675 g/mol. The molecule has 0 bridgehead atoms. The summed E-state index contributed by atoms with van der Waals surface area (Å²) in [6.45, 7) is 6.11. The molecule has 0 saturated carbocycles. The number of carbonyl (C=O) groups excluding carboxylic acids is 3. The van der Waals surface area contributed by atoms with Crippen LogP contribution in [0.1, 0.15) is 52.0 Å². The summed E-state index contributed by atoms with van der Waals surface area (Å²) in [7, 11) is -2.82.